The van der Waals surface area contributed by atoms with Crippen LogP contribution in [0.1, 0.15) is 20.8 Å². The van der Waals surface area contributed by atoms with Crippen LogP contribution in [0.4, 0.5) is 0 Å². The molecule has 1 heterocycles. The molecule has 0 amide bonds. The molecule has 0 aliphatic carbocycles. The summed E-state index contributed by atoms with van der Waals surface area (Å²) in [6, 6.07) is 0.0868. The van der Waals surface area contributed by atoms with Crippen molar-refractivity contribution in [2.75, 3.05) is 33.2 Å². The Morgan fingerprint density at radius 1 is 1.27 bits per heavy atom. The van der Waals surface area contributed by atoms with Crippen molar-refractivity contribution in [1.82, 2.24) is 9.80 Å². The number of carboxylic acids is 1. The number of hydrogen-bond donors (Lipinski definition) is 1. The zero-order chi connectivity index (χ0) is 11.6. The zero-order valence-electron chi connectivity index (χ0n) is 10.2. The molecule has 0 aromatic heterocycles. The van der Waals surface area contributed by atoms with Gasteiger partial charge < -0.3 is 10.0 Å². The molecule has 4 heteroatoms. The van der Waals surface area contributed by atoms with E-state index in [1.807, 2.05) is 6.92 Å². The molecule has 1 atom stereocenters. The highest BCUT2D eigenvalue weighted by molar-refractivity contribution is 5.74. The summed E-state index contributed by atoms with van der Waals surface area (Å²) in [7, 11) is 2.10. The van der Waals surface area contributed by atoms with Gasteiger partial charge in [-0.1, -0.05) is 0 Å². The number of rotatable bonds is 3. The lowest BCUT2D eigenvalue weighted by atomic mass is 9.84. The third-order valence-corrected chi connectivity index (χ3v) is 3.68. The maximum Gasteiger partial charge on any atom is 0.310 e. The first-order valence-electron chi connectivity index (χ1n) is 5.51. The van der Waals surface area contributed by atoms with Crippen LogP contribution >= 0.6 is 0 Å². The van der Waals surface area contributed by atoms with Crippen LogP contribution in [0.25, 0.3) is 0 Å². The van der Waals surface area contributed by atoms with Crippen LogP contribution in [-0.4, -0.2) is 60.1 Å². The van der Waals surface area contributed by atoms with Crippen molar-refractivity contribution in [1.29, 1.82) is 0 Å². The quantitative estimate of drug-likeness (QED) is 0.752. The molecule has 0 saturated carbocycles. The lowest BCUT2D eigenvalue weighted by molar-refractivity contribution is -0.151. The normalized spacial score (nSPS) is 22.7. The first kappa shape index (κ1) is 12.5. The minimum Gasteiger partial charge on any atom is -0.481 e. The van der Waals surface area contributed by atoms with E-state index >= 15 is 0 Å². The van der Waals surface area contributed by atoms with Gasteiger partial charge in [-0.25, -0.2) is 0 Å². The van der Waals surface area contributed by atoms with E-state index in [9.17, 15) is 4.79 Å². The summed E-state index contributed by atoms with van der Waals surface area (Å²) in [6.45, 7) is 9.61. The largest absolute Gasteiger partial charge is 0.481 e. The predicted octanol–water partition coefficient (Wildman–Crippen LogP) is 0.733. The van der Waals surface area contributed by atoms with Gasteiger partial charge in [0.2, 0.25) is 0 Å². The lowest BCUT2D eigenvalue weighted by Crippen LogP contribution is -2.54. The van der Waals surface area contributed by atoms with Gasteiger partial charge in [0.15, 0.2) is 0 Å². The van der Waals surface area contributed by atoms with Crippen molar-refractivity contribution >= 4 is 5.97 Å². The topological polar surface area (TPSA) is 43.8 Å². The molecule has 1 rings (SSSR count). The highest BCUT2D eigenvalue weighted by Crippen LogP contribution is 2.25. The Kier molecular flexibility index (Phi) is 3.73. The molecule has 15 heavy (non-hydrogen) atoms. The summed E-state index contributed by atoms with van der Waals surface area (Å²) < 4.78 is 0. The molecule has 0 aromatic carbocycles. The Morgan fingerprint density at radius 2 is 1.73 bits per heavy atom. The number of aliphatic carboxylic acids is 1. The van der Waals surface area contributed by atoms with Crippen LogP contribution in [0.5, 0.6) is 0 Å². The average molecular weight is 214 g/mol. The molecular weight excluding hydrogens is 192 g/mol. The molecule has 0 spiro atoms. The fraction of sp³-hybridized carbons (Fsp3) is 0.909. The molecule has 88 valence electrons. The molecule has 1 fully saturated rings. The third-order valence-electron chi connectivity index (χ3n) is 3.68. The van der Waals surface area contributed by atoms with Gasteiger partial charge in [0.25, 0.3) is 0 Å². The van der Waals surface area contributed by atoms with Crippen molar-refractivity contribution in [2.24, 2.45) is 5.41 Å². The van der Waals surface area contributed by atoms with E-state index in [0.29, 0.717) is 0 Å². The molecule has 0 bridgehead atoms. The smallest absolute Gasteiger partial charge is 0.310 e. The number of carboxylic acid groups (broad SMARTS) is 1. The average Bonchev–Trinajstić information content (AvgIpc) is 2.17. The predicted molar refractivity (Wildman–Crippen MR) is 59.9 cm³/mol. The molecule has 1 saturated heterocycles. The van der Waals surface area contributed by atoms with Gasteiger partial charge in [-0.15, -0.1) is 0 Å². The maximum atomic E-state index is 11.1. The number of nitrogens with zero attached hydrogens (tertiary/aromatic N) is 2. The van der Waals surface area contributed by atoms with E-state index in [1.165, 1.54) is 0 Å². The van der Waals surface area contributed by atoms with Crippen LogP contribution in [0, 0.1) is 5.41 Å². The van der Waals surface area contributed by atoms with Crippen molar-refractivity contribution < 1.29 is 9.90 Å². The van der Waals surface area contributed by atoms with E-state index < -0.39 is 11.4 Å². The Morgan fingerprint density at radius 3 is 2.13 bits per heavy atom. The van der Waals surface area contributed by atoms with E-state index in [4.69, 9.17) is 5.11 Å². The molecule has 1 aliphatic heterocycles. The van der Waals surface area contributed by atoms with Crippen LogP contribution in [0.15, 0.2) is 0 Å². The van der Waals surface area contributed by atoms with Crippen molar-refractivity contribution in [2.45, 2.75) is 26.8 Å². The van der Waals surface area contributed by atoms with Crippen molar-refractivity contribution in [3.63, 3.8) is 0 Å². The van der Waals surface area contributed by atoms with E-state index in [0.717, 1.165) is 26.2 Å². The summed E-state index contributed by atoms with van der Waals surface area (Å²) in [6.07, 6.45) is 0. The monoisotopic (exact) mass is 214 g/mol. The van der Waals surface area contributed by atoms with E-state index in [-0.39, 0.29) is 6.04 Å². The first-order valence-corrected chi connectivity index (χ1v) is 5.51. The highest BCUT2D eigenvalue weighted by Gasteiger charge is 2.37. The first-order chi connectivity index (χ1) is 6.85. The number of hydrogen-bond acceptors (Lipinski definition) is 3. The van der Waals surface area contributed by atoms with Gasteiger partial charge in [0.05, 0.1) is 5.41 Å². The van der Waals surface area contributed by atoms with Crippen molar-refractivity contribution in [3.8, 4) is 0 Å². The second-order valence-electron chi connectivity index (χ2n) is 5.04. The Bertz CT molecular complexity index is 233. The lowest BCUT2D eigenvalue weighted by Gasteiger charge is -2.41. The summed E-state index contributed by atoms with van der Waals surface area (Å²) in [5.74, 6) is -0.714. The minimum atomic E-state index is -0.714. The Hall–Kier alpha value is -0.610. The van der Waals surface area contributed by atoms with Gasteiger partial charge >= 0.3 is 5.97 Å². The molecule has 0 radical (unpaired) electrons. The number of likely N-dealkylation sites (N-methyl/N-ethyl adjacent to an activating group) is 1. The van der Waals surface area contributed by atoms with Gasteiger partial charge in [0, 0.05) is 32.2 Å². The third kappa shape index (κ3) is 2.69. The second-order valence-corrected chi connectivity index (χ2v) is 5.04. The van der Waals surface area contributed by atoms with Crippen molar-refractivity contribution in [3.05, 3.63) is 0 Å². The fourth-order valence-electron chi connectivity index (χ4n) is 1.84. The highest BCUT2D eigenvalue weighted by atomic mass is 16.4. The molecule has 1 aliphatic rings. The number of piperazine rings is 1. The standard InChI is InChI=1S/C11H22N2O2/c1-9(11(2,3)10(14)15)13-7-5-12(4)6-8-13/h9H,5-8H2,1-4H3,(H,14,15). The van der Waals surface area contributed by atoms with Crippen LogP contribution in [-0.2, 0) is 4.79 Å². The Labute approximate surface area is 91.9 Å². The SMILES string of the molecule is CC(N1CCN(C)CC1)C(C)(C)C(=O)O. The van der Waals surface area contributed by atoms with Crippen LogP contribution in [0.3, 0.4) is 0 Å². The van der Waals surface area contributed by atoms with Gasteiger partial charge in [-0.05, 0) is 27.8 Å². The molecular formula is C11H22N2O2. The zero-order valence-corrected chi connectivity index (χ0v) is 10.2. The maximum absolute atomic E-state index is 11.1. The van der Waals surface area contributed by atoms with Crippen LogP contribution < -0.4 is 0 Å². The molecule has 1 N–H and O–H groups in total. The second kappa shape index (κ2) is 4.49. The fourth-order valence-corrected chi connectivity index (χ4v) is 1.84. The Balaban J connectivity index is 2.60. The van der Waals surface area contributed by atoms with E-state index in [1.54, 1.807) is 13.8 Å². The summed E-state index contributed by atoms with van der Waals surface area (Å²) in [5.41, 5.74) is -0.671. The summed E-state index contributed by atoms with van der Waals surface area (Å²) >= 11 is 0. The number of carbonyl (C=O) groups is 1. The van der Waals surface area contributed by atoms with Gasteiger partial charge in [-0.2, -0.15) is 0 Å². The van der Waals surface area contributed by atoms with E-state index in [2.05, 4.69) is 16.8 Å². The molecule has 4 nitrogen and oxygen atoms in total. The van der Waals surface area contributed by atoms with Gasteiger partial charge in [-0.3, -0.25) is 9.69 Å². The molecule has 0 aromatic rings. The van der Waals surface area contributed by atoms with Crippen LogP contribution in [0.2, 0.25) is 0 Å². The summed E-state index contributed by atoms with van der Waals surface area (Å²) in [4.78, 5) is 15.7. The summed E-state index contributed by atoms with van der Waals surface area (Å²) in [5, 5.41) is 9.16. The minimum absolute atomic E-state index is 0.0868. The van der Waals surface area contributed by atoms with Gasteiger partial charge in [0.1, 0.15) is 0 Å². The molecule has 1 unspecified atom stereocenters.